The van der Waals surface area contributed by atoms with Crippen LogP contribution in [0.2, 0.25) is 0 Å². The van der Waals surface area contributed by atoms with E-state index in [-0.39, 0.29) is 24.0 Å². The molecule has 0 N–H and O–H groups in total. The van der Waals surface area contributed by atoms with Crippen LogP contribution in [0.3, 0.4) is 0 Å². The Morgan fingerprint density at radius 1 is 0.875 bits per heavy atom. The number of amides is 1. The first-order chi connectivity index (χ1) is 23.0. The summed E-state index contributed by atoms with van der Waals surface area (Å²) in [5.74, 6) is -1.08. The van der Waals surface area contributed by atoms with Gasteiger partial charge < -0.3 is 19.1 Å². The van der Waals surface area contributed by atoms with Gasteiger partial charge in [0.2, 0.25) is 11.7 Å². The predicted octanol–water partition coefficient (Wildman–Crippen LogP) is 6.67. The first-order valence-electron chi connectivity index (χ1n) is 15.5. The maximum atomic E-state index is 13.4. The third-order valence-corrected chi connectivity index (χ3v) is 9.22. The topological polar surface area (TPSA) is 120 Å². The van der Waals surface area contributed by atoms with E-state index >= 15 is 0 Å². The molecule has 0 radical (unpaired) electrons. The Morgan fingerprint density at radius 2 is 1.58 bits per heavy atom. The first kappa shape index (κ1) is 32.5. The van der Waals surface area contributed by atoms with Gasteiger partial charge in [-0.1, -0.05) is 35.4 Å². The van der Waals surface area contributed by atoms with E-state index in [1.165, 1.54) is 30.1 Å². The molecule has 48 heavy (non-hydrogen) atoms. The van der Waals surface area contributed by atoms with Gasteiger partial charge in [0, 0.05) is 74.3 Å². The van der Waals surface area contributed by atoms with E-state index in [4.69, 9.17) is 9.68 Å². The van der Waals surface area contributed by atoms with Gasteiger partial charge in [-0.2, -0.15) is 0 Å². The zero-order valence-corrected chi connectivity index (χ0v) is 28.1. The molecule has 0 aliphatic heterocycles. The summed E-state index contributed by atoms with van der Waals surface area (Å²) >= 11 is 1.41. The van der Waals surface area contributed by atoms with Crippen LogP contribution in [0.1, 0.15) is 65.5 Å². The molecule has 1 unspecified atom stereocenters. The lowest BCUT2D eigenvalue weighted by Crippen LogP contribution is -2.22. The van der Waals surface area contributed by atoms with Crippen molar-refractivity contribution in [3.8, 4) is 5.69 Å². The molecule has 1 amide bonds. The van der Waals surface area contributed by atoms with E-state index in [9.17, 15) is 19.2 Å². The third-order valence-electron chi connectivity index (χ3n) is 8.36. The summed E-state index contributed by atoms with van der Waals surface area (Å²) in [5, 5.41) is 12.0. The second-order valence-corrected chi connectivity index (χ2v) is 13.0. The average Bonchev–Trinajstić information content (AvgIpc) is 3.78. The fourth-order valence-corrected chi connectivity index (χ4v) is 6.73. The molecule has 11 heteroatoms. The van der Waals surface area contributed by atoms with Crippen molar-refractivity contribution in [2.24, 2.45) is 16.2 Å². The summed E-state index contributed by atoms with van der Waals surface area (Å²) in [6, 6.07) is 21.4. The summed E-state index contributed by atoms with van der Waals surface area (Å²) in [6.45, 7) is 4.66. The molecule has 6 rings (SSSR count). The van der Waals surface area contributed by atoms with Crippen molar-refractivity contribution in [2.75, 3.05) is 14.1 Å². The highest BCUT2D eigenvalue weighted by Gasteiger charge is 2.29. The number of hydrogen-bond donors (Lipinski definition) is 0. The summed E-state index contributed by atoms with van der Waals surface area (Å²) < 4.78 is 2.15. The molecule has 2 heterocycles. The van der Waals surface area contributed by atoms with Crippen LogP contribution in [-0.2, 0) is 30.5 Å². The number of aromatic nitrogens is 1. The van der Waals surface area contributed by atoms with E-state index in [2.05, 4.69) is 33.9 Å². The molecule has 10 nitrogen and oxygen atoms in total. The molecule has 1 atom stereocenters. The van der Waals surface area contributed by atoms with Gasteiger partial charge in [-0.3, -0.25) is 9.59 Å². The van der Waals surface area contributed by atoms with Crippen molar-refractivity contribution < 1.29 is 28.9 Å². The average molecular weight is 663 g/mol. The quantitative estimate of drug-likeness (QED) is 0.0753. The molecule has 1 aliphatic rings. The van der Waals surface area contributed by atoms with Crippen molar-refractivity contribution in [3.05, 3.63) is 99.2 Å². The minimum atomic E-state index is -0.548. The Kier molecular flexibility index (Phi) is 9.05. The number of ketones is 1. The number of carbonyl (C=O) groups excluding carboxylic acids is 4. The van der Waals surface area contributed by atoms with Crippen LogP contribution >= 0.6 is 11.3 Å². The van der Waals surface area contributed by atoms with E-state index < -0.39 is 11.9 Å². The lowest BCUT2D eigenvalue weighted by atomic mass is 10.0. The van der Waals surface area contributed by atoms with Gasteiger partial charge in [-0.25, -0.2) is 9.59 Å². The number of carbonyl (C=O) groups is 4. The number of thiophene rings is 1. The van der Waals surface area contributed by atoms with Crippen LogP contribution in [0, 0.1) is 5.92 Å². The largest absolute Gasteiger partial charge is 0.349 e. The van der Waals surface area contributed by atoms with Gasteiger partial charge in [0.05, 0.1) is 27.3 Å². The highest BCUT2D eigenvalue weighted by atomic mass is 32.1. The zero-order chi connectivity index (χ0) is 34.1. The Labute approximate surface area is 281 Å². The number of hydrogen-bond acceptors (Lipinski definition) is 9. The lowest BCUT2D eigenvalue weighted by Gasteiger charge is -2.12. The molecular formula is C37H34N4O6S. The molecule has 0 saturated heterocycles. The van der Waals surface area contributed by atoms with Crippen molar-refractivity contribution >= 4 is 68.2 Å². The third kappa shape index (κ3) is 6.41. The minimum absolute atomic E-state index is 0.0450. The molecular weight excluding hydrogens is 628 g/mol. The summed E-state index contributed by atoms with van der Waals surface area (Å²) in [6.07, 6.45) is 1.23. The molecule has 2 aromatic heterocycles. The second-order valence-electron chi connectivity index (χ2n) is 12.0. The van der Waals surface area contributed by atoms with Gasteiger partial charge in [0.1, 0.15) is 0 Å². The van der Waals surface area contributed by atoms with Gasteiger partial charge in [0.25, 0.3) is 0 Å². The smallest absolute Gasteiger partial charge is 0.331 e. The Hall–Kier alpha value is -5.42. The summed E-state index contributed by atoms with van der Waals surface area (Å²) in [5.41, 5.74) is 7.22. The van der Waals surface area contributed by atoms with Crippen molar-refractivity contribution in [3.63, 3.8) is 0 Å². The van der Waals surface area contributed by atoms with E-state index in [0.29, 0.717) is 28.3 Å². The molecule has 3 aromatic carbocycles. The standard InChI is InChI=1S/C37H34N4O6S/c1-21-17-26-19-33-30(20-28(26)36(21)39-47-23(3)43)29-18-25(37(45)34-7-6-16-48-34)10-14-32(29)41(33)27-11-8-24(9-12-27)31(38-46-22(2)42)13-15-35(44)40(4)5/h6-12,14,16,18-21H,13,15,17H2,1-5H3/b38-31?,39-36+. The van der Waals surface area contributed by atoms with Crippen LogP contribution in [0.25, 0.3) is 27.5 Å². The van der Waals surface area contributed by atoms with Gasteiger partial charge in [0.15, 0.2) is 0 Å². The fourth-order valence-electron chi connectivity index (χ4n) is 6.04. The molecule has 1 aliphatic carbocycles. The highest BCUT2D eigenvalue weighted by Crippen LogP contribution is 2.38. The lowest BCUT2D eigenvalue weighted by molar-refractivity contribution is -0.141. The molecule has 5 aromatic rings. The predicted molar refractivity (Wildman–Crippen MR) is 186 cm³/mol. The molecule has 0 fully saturated rings. The maximum absolute atomic E-state index is 13.4. The SMILES string of the molecule is CC(=O)ON=C(CCC(=O)N(C)C)c1ccc(-n2c3ccc(C(=O)c4cccs4)cc3c3cc4c(cc32)CC(C)/C4=N\OC(C)=O)cc1. The fraction of sp³-hybridized carbons (Fsp3) is 0.243. The molecule has 244 valence electrons. The number of nitrogens with zero attached hydrogens (tertiary/aromatic N) is 4. The van der Waals surface area contributed by atoms with E-state index in [1.54, 1.807) is 14.1 Å². The van der Waals surface area contributed by atoms with Crippen molar-refractivity contribution in [2.45, 2.75) is 40.0 Å². The van der Waals surface area contributed by atoms with E-state index in [1.807, 2.05) is 60.0 Å². The Balaban J connectivity index is 1.49. The van der Waals surface area contributed by atoms with Crippen molar-refractivity contribution in [1.29, 1.82) is 0 Å². The number of oxime groups is 2. The van der Waals surface area contributed by atoms with E-state index in [0.717, 1.165) is 50.6 Å². The maximum Gasteiger partial charge on any atom is 0.331 e. The van der Waals surface area contributed by atoms with Crippen LogP contribution in [0.5, 0.6) is 0 Å². The van der Waals surface area contributed by atoms with Crippen molar-refractivity contribution in [1.82, 2.24) is 9.47 Å². The normalized spacial score (nSPS) is 15.1. The second kappa shape index (κ2) is 13.4. The Bertz CT molecular complexity index is 2140. The summed E-state index contributed by atoms with van der Waals surface area (Å²) in [4.78, 5) is 61.0. The van der Waals surface area contributed by atoms with Crippen LogP contribution < -0.4 is 0 Å². The van der Waals surface area contributed by atoms with Crippen LogP contribution in [0.4, 0.5) is 0 Å². The highest BCUT2D eigenvalue weighted by molar-refractivity contribution is 7.12. The number of benzene rings is 3. The van der Waals surface area contributed by atoms with Crippen LogP contribution in [-0.4, -0.2) is 58.6 Å². The molecule has 0 saturated carbocycles. The summed E-state index contributed by atoms with van der Waals surface area (Å²) in [7, 11) is 3.38. The number of rotatable bonds is 9. The first-order valence-corrected chi connectivity index (χ1v) is 16.4. The minimum Gasteiger partial charge on any atom is -0.349 e. The van der Waals surface area contributed by atoms with Gasteiger partial charge in [-0.05, 0) is 71.5 Å². The molecule has 0 bridgehead atoms. The Morgan fingerprint density at radius 3 is 2.25 bits per heavy atom. The van der Waals surface area contributed by atoms with Gasteiger partial charge >= 0.3 is 11.9 Å². The van der Waals surface area contributed by atoms with Gasteiger partial charge in [-0.15, -0.1) is 11.3 Å². The monoisotopic (exact) mass is 662 g/mol. The van der Waals surface area contributed by atoms with Crippen LogP contribution in [0.15, 0.2) is 82.4 Å². The zero-order valence-electron chi connectivity index (χ0n) is 27.3. The number of fused-ring (bicyclic) bond motifs is 4. The molecule has 0 spiro atoms.